The summed E-state index contributed by atoms with van der Waals surface area (Å²) in [6, 6.07) is 2.82. The lowest BCUT2D eigenvalue weighted by Crippen LogP contribution is -2.28. The van der Waals surface area contributed by atoms with Crippen molar-refractivity contribution in [2.75, 3.05) is 6.54 Å². The summed E-state index contributed by atoms with van der Waals surface area (Å²) in [5.41, 5.74) is 2.56. The summed E-state index contributed by atoms with van der Waals surface area (Å²) in [5.74, 6) is 0.720. The van der Waals surface area contributed by atoms with E-state index in [1.807, 2.05) is 11.7 Å². The minimum atomic E-state index is 0.584. The van der Waals surface area contributed by atoms with E-state index < -0.39 is 0 Å². The van der Waals surface area contributed by atoms with Crippen molar-refractivity contribution in [3.8, 4) is 0 Å². The fourth-order valence-corrected chi connectivity index (χ4v) is 1.91. The highest BCUT2D eigenvalue weighted by Gasteiger charge is 2.07. The Balaban J connectivity index is 2.36. The number of nitrogens with one attached hydrogen (secondary N) is 1. The Hall–Kier alpha value is -0.830. The monoisotopic (exact) mass is 237 g/mol. The van der Waals surface area contributed by atoms with Gasteiger partial charge in [0.2, 0.25) is 0 Å². The highest BCUT2D eigenvalue weighted by molar-refractivity contribution is 5.10. The van der Waals surface area contributed by atoms with Gasteiger partial charge in [0.25, 0.3) is 0 Å². The number of nitrogens with zero attached hydrogens (tertiary/aromatic N) is 2. The van der Waals surface area contributed by atoms with Crippen LogP contribution in [0, 0.1) is 5.92 Å². The second-order valence-electron chi connectivity index (χ2n) is 5.31. The van der Waals surface area contributed by atoms with Crippen LogP contribution in [0.5, 0.6) is 0 Å². The van der Waals surface area contributed by atoms with Crippen LogP contribution in [-0.4, -0.2) is 22.4 Å². The van der Waals surface area contributed by atoms with E-state index in [-0.39, 0.29) is 0 Å². The third kappa shape index (κ3) is 4.90. The third-order valence-corrected chi connectivity index (χ3v) is 3.16. The van der Waals surface area contributed by atoms with E-state index in [9.17, 15) is 0 Å². The maximum absolute atomic E-state index is 4.48. The smallest absolute Gasteiger partial charge is 0.0624 e. The number of aromatic nitrogens is 2. The minimum absolute atomic E-state index is 0.584. The summed E-state index contributed by atoms with van der Waals surface area (Å²) in [7, 11) is 2.05. The lowest BCUT2D eigenvalue weighted by atomic mass is 10.0. The largest absolute Gasteiger partial charge is 0.314 e. The van der Waals surface area contributed by atoms with Crippen molar-refractivity contribution in [3.63, 3.8) is 0 Å². The molecule has 0 saturated heterocycles. The molecule has 0 saturated carbocycles. The van der Waals surface area contributed by atoms with Crippen LogP contribution in [0.3, 0.4) is 0 Å². The van der Waals surface area contributed by atoms with Gasteiger partial charge in [0.1, 0.15) is 0 Å². The van der Waals surface area contributed by atoms with E-state index in [0.717, 1.165) is 25.3 Å². The Labute approximate surface area is 106 Å². The molecule has 3 heteroatoms. The van der Waals surface area contributed by atoms with Gasteiger partial charge in [-0.3, -0.25) is 4.68 Å². The SMILES string of the molecule is CCc1cc(CCC(C)CNC(C)C)n(C)n1. The van der Waals surface area contributed by atoms with Gasteiger partial charge >= 0.3 is 0 Å². The molecule has 0 amide bonds. The zero-order valence-corrected chi connectivity index (χ0v) is 12.0. The number of hydrogen-bond acceptors (Lipinski definition) is 2. The van der Waals surface area contributed by atoms with Crippen LogP contribution >= 0.6 is 0 Å². The lowest BCUT2D eigenvalue weighted by molar-refractivity contribution is 0.449. The van der Waals surface area contributed by atoms with E-state index >= 15 is 0 Å². The second-order valence-corrected chi connectivity index (χ2v) is 5.31. The Bertz CT molecular complexity index is 328. The van der Waals surface area contributed by atoms with Gasteiger partial charge in [-0.1, -0.05) is 27.7 Å². The summed E-state index contributed by atoms with van der Waals surface area (Å²) in [4.78, 5) is 0. The van der Waals surface area contributed by atoms with E-state index in [4.69, 9.17) is 0 Å². The normalized spacial score (nSPS) is 13.3. The molecule has 0 radical (unpaired) electrons. The first kappa shape index (κ1) is 14.2. The van der Waals surface area contributed by atoms with E-state index in [1.165, 1.54) is 17.8 Å². The first-order chi connectivity index (χ1) is 8.02. The number of rotatable bonds is 7. The molecule has 1 heterocycles. The molecule has 1 unspecified atom stereocenters. The molecule has 1 aromatic heterocycles. The summed E-state index contributed by atoms with van der Waals surface area (Å²) < 4.78 is 2.03. The van der Waals surface area contributed by atoms with Crippen molar-refractivity contribution < 1.29 is 0 Å². The van der Waals surface area contributed by atoms with Crippen LogP contribution in [-0.2, 0) is 19.9 Å². The van der Waals surface area contributed by atoms with Gasteiger partial charge in [-0.25, -0.2) is 0 Å². The molecule has 0 fully saturated rings. The maximum atomic E-state index is 4.48. The molecule has 0 aliphatic heterocycles. The zero-order chi connectivity index (χ0) is 12.8. The number of aryl methyl sites for hydroxylation is 3. The van der Waals surface area contributed by atoms with E-state index in [1.54, 1.807) is 0 Å². The topological polar surface area (TPSA) is 29.9 Å². The molecule has 98 valence electrons. The Morgan fingerprint density at radius 1 is 1.35 bits per heavy atom. The molecule has 0 aliphatic rings. The third-order valence-electron chi connectivity index (χ3n) is 3.16. The molecule has 0 aromatic carbocycles. The average Bonchev–Trinajstić information content (AvgIpc) is 2.64. The fraction of sp³-hybridized carbons (Fsp3) is 0.786. The van der Waals surface area contributed by atoms with Crippen LogP contribution in [0.25, 0.3) is 0 Å². The van der Waals surface area contributed by atoms with Crippen LogP contribution in [0.15, 0.2) is 6.07 Å². The summed E-state index contributed by atoms with van der Waals surface area (Å²) in [6.45, 7) is 9.96. The molecule has 0 aliphatic carbocycles. The van der Waals surface area contributed by atoms with E-state index in [0.29, 0.717) is 6.04 Å². The van der Waals surface area contributed by atoms with Crippen molar-refractivity contribution >= 4 is 0 Å². The van der Waals surface area contributed by atoms with Crippen LogP contribution in [0.1, 0.15) is 45.5 Å². The van der Waals surface area contributed by atoms with Crippen molar-refractivity contribution in [2.45, 2.75) is 53.0 Å². The Kier molecular flexibility index (Phi) is 5.69. The predicted octanol–water partition coefficient (Wildman–Crippen LogP) is 2.55. The van der Waals surface area contributed by atoms with Gasteiger partial charge in [0, 0.05) is 18.8 Å². The number of hydrogen-bond donors (Lipinski definition) is 1. The molecular weight excluding hydrogens is 210 g/mol. The molecule has 1 rings (SSSR count). The van der Waals surface area contributed by atoms with Crippen LogP contribution in [0.4, 0.5) is 0 Å². The highest BCUT2D eigenvalue weighted by atomic mass is 15.3. The standard InChI is InChI=1S/C14H27N3/c1-6-13-9-14(17(5)16-13)8-7-12(4)10-15-11(2)3/h9,11-12,15H,6-8,10H2,1-5H3. The molecule has 3 nitrogen and oxygen atoms in total. The second kappa shape index (κ2) is 6.80. The van der Waals surface area contributed by atoms with Crippen molar-refractivity contribution in [1.82, 2.24) is 15.1 Å². The minimum Gasteiger partial charge on any atom is -0.314 e. The maximum Gasteiger partial charge on any atom is 0.0624 e. The average molecular weight is 237 g/mol. The first-order valence-electron chi connectivity index (χ1n) is 6.78. The molecule has 1 N–H and O–H groups in total. The summed E-state index contributed by atoms with van der Waals surface area (Å²) >= 11 is 0. The zero-order valence-electron chi connectivity index (χ0n) is 12.0. The van der Waals surface area contributed by atoms with Crippen LogP contribution in [0.2, 0.25) is 0 Å². The van der Waals surface area contributed by atoms with Gasteiger partial charge in [-0.15, -0.1) is 0 Å². The van der Waals surface area contributed by atoms with Crippen LogP contribution < -0.4 is 5.32 Å². The first-order valence-corrected chi connectivity index (χ1v) is 6.78. The fourth-order valence-electron chi connectivity index (χ4n) is 1.91. The summed E-state index contributed by atoms with van der Waals surface area (Å²) in [5, 5.41) is 7.97. The van der Waals surface area contributed by atoms with Gasteiger partial charge < -0.3 is 5.32 Å². The molecule has 1 aromatic rings. The molecule has 17 heavy (non-hydrogen) atoms. The Morgan fingerprint density at radius 2 is 2.06 bits per heavy atom. The predicted molar refractivity (Wildman–Crippen MR) is 73.2 cm³/mol. The summed E-state index contributed by atoms with van der Waals surface area (Å²) in [6.07, 6.45) is 3.38. The van der Waals surface area contributed by atoms with E-state index in [2.05, 4.69) is 44.2 Å². The van der Waals surface area contributed by atoms with Gasteiger partial charge in [0.15, 0.2) is 0 Å². The highest BCUT2D eigenvalue weighted by Crippen LogP contribution is 2.10. The lowest BCUT2D eigenvalue weighted by Gasteiger charge is -2.14. The molecular formula is C14H27N3. The molecule has 0 bridgehead atoms. The van der Waals surface area contributed by atoms with Crippen molar-refractivity contribution in [1.29, 1.82) is 0 Å². The van der Waals surface area contributed by atoms with Gasteiger partial charge in [-0.05, 0) is 37.8 Å². The van der Waals surface area contributed by atoms with Gasteiger partial charge in [0.05, 0.1) is 5.69 Å². The Morgan fingerprint density at radius 3 is 2.59 bits per heavy atom. The molecule has 0 spiro atoms. The quantitative estimate of drug-likeness (QED) is 0.790. The van der Waals surface area contributed by atoms with Gasteiger partial charge in [-0.2, -0.15) is 5.10 Å². The van der Waals surface area contributed by atoms with Crippen molar-refractivity contribution in [2.24, 2.45) is 13.0 Å². The molecule has 1 atom stereocenters. The van der Waals surface area contributed by atoms with Crippen molar-refractivity contribution in [3.05, 3.63) is 17.5 Å².